The normalized spacial score (nSPS) is 11.7. The van der Waals surface area contributed by atoms with E-state index in [1.165, 1.54) is 5.69 Å². The largest absolute Gasteiger partial charge is 0.381 e. The van der Waals surface area contributed by atoms with Crippen molar-refractivity contribution in [3.05, 3.63) is 47.8 Å². The summed E-state index contributed by atoms with van der Waals surface area (Å²) in [5.41, 5.74) is 4.45. The van der Waals surface area contributed by atoms with Crippen LogP contribution >= 0.6 is 0 Å². The summed E-state index contributed by atoms with van der Waals surface area (Å²) in [5.74, 6) is -0.149. The Morgan fingerprint density at radius 1 is 1.15 bits per heavy atom. The molecule has 1 aromatic heterocycles. The third kappa shape index (κ3) is 4.97. The molecule has 0 saturated carbocycles. The van der Waals surface area contributed by atoms with Crippen LogP contribution in [0.15, 0.2) is 36.7 Å². The fraction of sp³-hybridized carbons (Fsp3) is 0.429. The van der Waals surface area contributed by atoms with Gasteiger partial charge in [-0.05, 0) is 63.9 Å². The minimum atomic E-state index is -0.149. The van der Waals surface area contributed by atoms with Gasteiger partial charge >= 0.3 is 0 Å². The summed E-state index contributed by atoms with van der Waals surface area (Å²) in [5, 5.41) is 6.34. The summed E-state index contributed by atoms with van der Waals surface area (Å²) < 4.78 is 0. The lowest BCUT2D eigenvalue weighted by Gasteiger charge is -2.22. The van der Waals surface area contributed by atoms with Crippen LogP contribution < -0.4 is 15.5 Å². The molecule has 1 unspecified atom stereocenters. The first-order chi connectivity index (χ1) is 12.5. The second kappa shape index (κ2) is 9.22. The van der Waals surface area contributed by atoms with Gasteiger partial charge in [-0.3, -0.25) is 9.78 Å². The predicted molar refractivity (Wildman–Crippen MR) is 110 cm³/mol. The van der Waals surface area contributed by atoms with E-state index >= 15 is 0 Å². The molecule has 0 spiro atoms. The number of amides is 1. The van der Waals surface area contributed by atoms with Crippen molar-refractivity contribution in [3.63, 3.8) is 0 Å². The Kier molecular flexibility index (Phi) is 7.01. The van der Waals surface area contributed by atoms with Gasteiger partial charge in [-0.1, -0.05) is 6.92 Å². The molecule has 140 valence electrons. The monoisotopic (exact) mass is 354 g/mol. The Hall–Kier alpha value is -2.56. The average molecular weight is 354 g/mol. The van der Waals surface area contributed by atoms with Crippen molar-refractivity contribution in [1.82, 2.24) is 4.98 Å². The number of carbonyl (C=O) groups is 1. The number of rotatable bonds is 8. The van der Waals surface area contributed by atoms with Gasteiger partial charge < -0.3 is 15.5 Å². The van der Waals surface area contributed by atoms with Gasteiger partial charge in [-0.25, -0.2) is 0 Å². The van der Waals surface area contributed by atoms with E-state index in [0.29, 0.717) is 11.6 Å². The summed E-state index contributed by atoms with van der Waals surface area (Å²) in [6.45, 7) is 12.4. The second-order valence-electron chi connectivity index (χ2n) is 6.54. The van der Waals surface area contributed by atoms with Crippen molar-refractivity contribution in [1.29, 1.82) is 0 Å². The van der Waals surface area contributed by atoms with Gasteiger partial charge in [-0.15, -0.1) is 0 Å². The van der Waals surface area contributed by atoms with Gasteiger partial charge in [0.05, 0.1) is 11.3 Å². The van der Waals surface area contributed by atoms with Crippen molar-refractivity contribution in [2.24, 2.45) is 0 Å². The lowest BCUT2D eigenvalue weighted by atomic mass is 10.1. The lowest BCUT2D eigenvalue weighted by Crippen LogP contribution is -2.22. The Morgan fingerprint density at radius 2 is 1.88 bits per heavy atom. The molecule has 1 atom stereocenters. The molecule has 1 aromatic carbocycles. The number of nitrogens with one attached hydrogen (secondary N) is 2. The van der Waals surface area contributed by atoms with E-state index in [1.54, 1.807) is 12.4 Å². The third-order valence-corrected chi connectivity index (χ3v) is 4.61. The second-order valence-corrected chi connectivity index (χ2v) is 6.54. The van der Waals surface area contributed by atoms with Crippen LogP contribution in [0.3, 0.4) is 0 Å². The maximum Gasteiger partial charge on any atom is 0.257 e. The third-order valence-electron chi connectivity index (χ3n) is 4.61. The topological polar surface area (TPSA) is 57.3 Å². The summed E-state index contributed by atoms with van der Waals surface area (Å²) >= 11 is 0. The molecule has 0 aliphatic rings. The van der Waals surface area contributed by atoms with Gasteiger partial charge in [0.15, 0.2) is 0 Å². The van der Waals surface area contributed by atoms with E-state index in [2.05, 4.69) is 60.3 Å². The maximum absolute atomic E-state index is 12.6. The minimum absolute atomic E-state index is 0.149. The first-order valence-electron chi connectivity index (χ1n) is 9.36. The molecule has 0 aliphatic heterocycles. The smallest absolute Gasteiger partial charge is 0.257 e. The lowest BCUT2D eigenvalue weighted by molar-refractivity contribution is 0.102. The Morgan fingerprint density at radius 3 is 2.50 bits per heavy atom. The van der Waals surface area contributed by atoms with E-state index in [9.17, 15) is 4.79 Å². The molecule has 0 saturated heterocycles. The number of aromatic nitrogens is 1. The molecule has 0 fully saturated rings. The van der Waals surface area contributed by atoms with Crippen LogP contribution in [0.2, 0.25) is 0 Å². The Balaban J connectivity index is 2.13. The first-order valence-corrected chi connectivity index (χ1v) is 9.36. The summed E-state index contributed by atoms with van der Waals surface area (Å²) in [6.07, 6.45) is 4.35. The fourth-order valence-corrected chi connectivity index (χ4v) is 2.80. The molecule has 0 radical (unpaired) electrons. The minimum Gasteiger partial charge on any atom is -0.381 e. The van der Waals surface area contributed by atoms with E-state index in [4.69, 9.17) is 0 Å². The average Bonchev–Trinajstić information content (AvgIpc) is 2.65. The summed E-state index contributed by atoms with van der Waals surface area (Å²) in [6, 6.07) is 8.31. The highest BCUT2D eigenvalue weighted by molar-refractivity contribution is 6.05. The van der Waals surface area contributed by atoms with Crippen LogP contribution in [0.1, 0.15) is 50.0 Å². The number of anilines is 3. The van der Waals surface area contributed by atoms with E-state index in [-0.39, 0.29) is 5.91 Å². The van der Waals surface area contributed by atoms with E-state index in [1.807, 2.05) is 19.1 Å². The number of pyridine rings is 1. The zero-order chi connectivity index (χ0) is 19.1. The molecule has 2 aromatic rings. The molecule has 26 heavy (non-hydrogen) atoms. The number of hydrogen-bond acceptors (Lipinski definition) is 4. The fourth-order valence-electron chi connectivity index (χ4n) is 2.80. The quantitative estimate of drug-likeness (QED) is 0.721. The number of benzene rings is 1. The van der Waals surface area contributed by atoms with Crippen molar-refractivity contribution in [2.75, 3.05) is 28.6 Å². The van der Waals surface area contributed by atoms with Crippen LogP contribution in [-0.4, -0.2) is 30.0 Å². The van der Waals surface area contributed by atoms with Crippen LogP contribution in [0.5, 0.6) is 0 Å². The van der Waals surface area contributed by atoms with Crippen LogP contribution in [-0.2, 0) is 0 Å². The molecular weight excluding hydrogens is 324 g/mol. The molecular formula is C21H30N4O. The van der Waals surface area contributed by atoms with Gasteiger partial charge in [-0.2, -0.15) is 0 Å². The zero-order valence-corrected chi connectivity index (χ0v) is 16.5. The standard InChI is InChI=1S/C21H30N4O/c1-6-16(5)23-18-12-17(13-22-14-18)21(26)24-20-10-9-19(11-15(20)4)25(7-2)8-3/h9-14,16,23H,6-8H2,1-5H3,(H,24,26). The van der Waals surface area contributed by atoms with Crippen molar-refractivity contribution < 1.29 is 4.79 Å². The molecule has 1 amide bonds. The van der Waals surface area contributed by atoms with Crippen LogP contribution in [0.25, 0.3) is 0 Å². The summed E-state index contributed by atoms with van der Waals surface area (Å²) in [4.78, 5) is 19.1. The number of nitrogens with zero attached hydrogens (tertiary/aromatic N) is 2. The highest BCUT2D eigenvalue weighted by atomic mass is 16.1. The number of aryl methyl sites for hydroxylation is 1. The first kappa shape index (κ1) is 19.8. The Bertz CT molecular complexity index is 741. The molecule has 2 N–H and O–H groups in total. The van der Waals surface area contributed by atoms with Crippen LogP contribution in [0, 0.1) is 6.92 Å². The SMILES string of the molecule is CCC(C)Nc1cncc(C(=O)Nc2ccc(N(CC)CC)cc2C)c1. The van der Waals surface area contributed by atoms with Gasteiger partial charge in [0, 0.05) is 42.9 Å². The molecule has 0 aliphatic carbocycles. The van der Waals surface area contributed by atoms with Crippen molar-refractivity contribution in [3.8, 4) is 0 Å². The highest BCUT2D eigenvalue weighted by Crippen LogP contribution is 2.23. The van der Waals surface area contributed by atoms with Gasteiger partial charge in [0.2, 0.25) is 0 Å². The van der Waals surface area contributed by atoms with E-state index < -0.39 is 0 Å². The molecule has 2 rings (SSSR count). The molecule has 5 nitrogen and oxygen atoms in total. The van der Waals surface area contributed by atoms with Gasteiger partial charge in [0.25, 0.3) is 5.91 Å². The highest BCUT2D eigenvalue weighted by Gasteiger charge is 2.11. The van der Waals surface area contributed by atoms with Crippen molar-refractivity contribution >= 4 is 23.0 Å². The zero-order valence-electron chi connectivity index (χ0n) is 16.5. The van der Waals surface area contributed by atoms with E-state index in [0.717, 1.165) is 36.4 Å². The van der Waals surface area contributed by atoms with Crippen molar-refractivity contribution in [2.45, 2.75) is 47.1 Å². The molecule has 5 heteroatoms. The number of hydrogen-bond donors (Lipinski definition) is 2. The Labute approximate surface area is 156 Å². The molecule has 1 heterocycles. The maximum atomic E-state index is 12.6. The van der Waals surface area contributed by atoms with Gasteiger partial charge in [0.1, 0.15) is 0 Å². The van der Waals surface area contributed by atoms with Crippen LogP contribution in [0.4, 0.5) is 17.1 Å². The number of carbonyl (C=O) groups excluding carboxylic acids is 1. The predicted octanol–water partition coefficient (Wildman–Crippen LogP) is 4.70. The molecule has 0 bridgehead atoms. The summed E-state index contributed by atoms with van der Waals surface area (Å²) in [7, 11) is 0.